The van der Waals surface area contributed by atoms with Crippen LogP contribution in [0.15, 0.2) is 39.8 Å². The highest BCUT2D eigenvalue weighted by Crippen LogP contribution is 2.54. The number of fused-ring (bicyclic) bond motifs is 2. The monoisotopic (exact) mass is 485 g/mol. The van der Waals surface area contributed by atoms with Gasteiger partial charge in [-0.05, 0) is 45.2 Å². The second kappa shape index (κ2) is 9.11. The Bertz CT molecular complexity index is 1180. The van der Waals surface area contributed by atoms with Crippen LogP contribution in [-0.2, 0) is 19.1 Å². The zero-order valence-corrected chi connectivity index (χ0v) is 20.6. The standard InChI is InChI=1S/C26H31NO8/c1-6-25(4,34-15(3)29)17-10-18-23(30)22-20(35-26(18,5)21(11-17)32-14(2)28)12-19(33-24(22)31)16-8-7-9-27-13-16/h7-9,12-13,17-18,21,23,30H,6,10-11H2,1-5H3/t17-,18+,21-,23+,25+,26-/m0/s1. The first kappa shape index (κ1) is 24.9. The van der Waals surface area contributed by atoms with Crippen LogP contribution in [0.5, 0.6) is 5.75 Å². The molecular weight excluding hydrogens is 454 g/mol. The first-order valence-electron chi connectivity index (χ1n) is 11.8. The van der Waals surface area contributed by atoms with Gasteiger partial charge in [-0.2, -0.15) is 0 Å². The molecule has 0 radical (unpaired) electrons. The van der Waals surface area contributed by atoms with Crippen LogP contribution in [0.3, 0.4) is 0 Å². The molecule has 0 aromatic carbocycles. The van der Waals surface area contributed by atoms with Gasteiger partial charge in [0.2, 0.25) is 0 Å². The molecule has 0 amide bonds. The van der Waals surface area contributed by atoms with Gasteiger partial charge in [-0.3, -0.25) is 14.6 Å². The fourth-order valence-corrected chi connectivity index (χ4v) is 5.51. The highest BCUT2D eigenvalue weighted by atomic mass is 16.6. The number of aliphatic hydroxyl groups excluding tert-OH is 1. The molecule has 2 aromatic heterocycles. The number of aliphatic hydroxyl groups is 1. The zero-order chi connectivity index (χ0) is 25.5. The normalized spacial score (nSPS) is 29.1. The number of ether oxygens (including phenoxy) is 3. The molecule has 2 aliphatic rings. The number of carbonyl (C=O) groups excluding carboxylic acids is 2. The van der Waals surface area contributed by atoms with E-state index in [0.717, 1.165) is 0 Å². The Morgan fingerprint density at radius 3 is 2.63 bits per heavy atom. The van der Waals surface area contributed by atoms with Crippen molar-refractivity contribution >= 4 is 11.9 Å². The molecule has 1 saturated carbocycles. The average Bonchev–Trinajstić information content (AvgIpc) is 2.79. The molecule has 3 heterocycles. The van der Waals surface area contributed by atoms with E-state index in [4.69, 9.17) is 18.6 Å². The Morgan fingerprint density at radius 2 is 2.03 bits per heavy atom. The zero-order valence-electron chi connectivity index (χ0n) is 20.6. The van der Waals surface area contributed by atoms with Crippen molar-refractivity contribution in [1.29, 1.82) is 0 Å². The summed E-state index contributed by atoms with van der Waals surface area (Å²) in [6.45, 7) is 8.20. The smallest absolute Gasteiger partial charge is 0.345 e. The van der Waals surface area contributed by atoms with Crippen molar-refractivity contribution in [2.24, 2.45) is 11.8 Å². The van der Waals surface area contributed by atoms with Gasteiger partial charge in [-0.25, -0.2) is 4.79 Å². The second-order valence-electron chi connectivity index (χ2n) is 9.78. The topological polar surface area (TPSA) is 125 Å². The Balaban J connectivity index is 1.79. The minimum absolute atomic E-state index is 0.0213. The molecule has 1 fully saturated rings. The molecule has 0 spiro atoms. The number of pyridine rings is 1. The lowest BCUT2D eigenvalue weighted by atomic mass is 9.61. The van der Waals surface area contributed by atoms with Crippen LogP contribution >= 0.6 is 0 Å². The van der Waals surface area contributed by atoms with Crippen molar-refractivity contribution in [3.63, 3.8) is 0 Å². The van der Waals surface area contributed by atoms with Crippen molar-refractivity contribution in [1.82, 2.24) is 4.98 Å². The van der Waals surface area contributed by atoms with Crippen LogP contribution in [-0.4, -0.2) is 39.3 Å². The van der Waals surface area contributed by atoms with E-state index in [0.29, 0.717) is 24.8 Å². The second-order valence-corrected chi connectivity index (χ2v) is 9.78. The molecule has 1 N–H and O–H groups in total. The summed E-state index contributed by atoms with van der Waals surface area (Å²) < 4.78 is 23.3. The third-order valence-electron chi connectivity index (χ3n) is 7.57. The van der Waals surface area contributed by atoms with Crippen LogP contribution in [0.1, 0.15) is 65.5 Å². The van der Waals surface area contributed by atoms with Gasteiger partial charge in [0.1, 0.15) is 34.4 Å². The van der Waals surface area contributed by atoms with E-state index in [9.17, 15) is 19.5 Å². The van der Waals surface area contributed by atoms with Crippen molar-refractivity contribution in [2.45, 2.75) is 77.3 Å². The summed E-state index contributed by atoms with van der Waals surface area (Å²) in [5.74, 6) is -1.34. The Labute approximate surface area is 203 Å². The fourth-order valence-electron chi connectivity index (χ4n) is 5.51. The molecule has 1 aliphatic heterocycles. The van der Waals surface area contributed by atoms with E-state index in [2.05, 4.69) is 4.98 Å². The van der Waals surface area contributed by atoms with Gasteiger partial charge >= 0.3 is 17.6 Å². The van der Waals surface area contributed by atoms with Gasteiger partial charge in [0.15, 0.2) is 0 Å². The van der Waals surface area contributed by atoms with E-state index in [1.54, 1.807) is 37.5 Å². The molecule has 6 atom stereocenters. The summed E-state index contributed by atoms with van der Waals surface area (Å²) in [4.78, 5) is 41.0. The van der Waals surface area contributed by atoms with E-state index in [1.807, 2.05) is 13.8 Å². The van der Waals surface area contributed by atoms with Crippen molar-refractivity contribution in [2.75, 3.05) is 0 Å². The predicted molar refractivity (Wildman–Crippen MR) is 124 cm³/mol. The van der Waals surface area contributed by atoms with E-state index in [-0.39, 0.29) is 23.0 Å². The molecule has 9 heteroatoms. The van der Waals surface area contributed by atoms with Crippen LogP contribution in [0.4, 0.5) is 0 Å². The number of esters is 2. The molecule has 0 unspecified atom stereocenters. The number of aromatic nitrogens is 1. The summed E-state index contributed by atoms with van der Waals surface area (Å²) in [5.41, 5.74) is -2.08. The molecule has 35 heavy (non-hydrogen) atoms. The number of carbonyl (C=O) groups is 2. The van der Waals surface area contributed by atoms with E-state index in [1.165, 1.54) is 13.8 Å². The molecule has 4 rings (SSSR count). The first-order chi connectivity index (χ1) is 16.5. The van der Waals surface area contributed by atoms with E-state index >= 15 is 0 Å². The lowest BCUT2D eigenvalue weighted by molar-refractivity contribution is -0.209. The number of hydrogen-bond donors (Lipinski definition) is 1. The first-order valence-corrected chi connectivity index (χ1v) is 11.8. The Morgan fingerprint density at radius 1 is 1.29 bits per heavy atom. The fraction of sp³-hybridized carbons (Fsp3) is 0.538. The maximum atomic E-state index is 13.0. The third-order valence-corrected chi connectivity index (χ3v) is 7.57. The maximum absolute atomic E-state index is 13.0. The predicted octanol–water partition coefficient (Wildman–Crippen LogP) is 3.58. The summed E-state index contributed by atoms with van der Waals surface area (Å²) in [5, 5.41) is 11.5. The lowest BCUT2D eigenvalue weighted by Gasteiger charge is -2.54. The number of nitrogens with zero attached hydrogens (tertiary/aromatic N) is 1. The van der Waals surface area contributed by atoms with Crippen LogP contribution in [0, 0.1) is 11.8 Å². The van der Waals surface area contributed by atoms with Gasteiger partial charge in [0, 0.05) is 49.7 Å². The highest BCUT2D eigenvalue weighted by Gasteiger charge is 2.60. The SMILES string of the molecule is CC[C@@](C)(OC(C)=O)[C@@H]1C[C@H](OC(C)=O)[C@@]2(C)Oc3cc(-c4cccnc4)oc(=O)c3[C@H](O)[C@H]2C1. The van der Waals surface area contributed by atoms with Gasteiger partial charge in [0.05, 0.1) is 6.10 Å². The summed E-state index contributed by atoms with van der Waals surface area (Å²) in [7, 11) is 0. The Kier molecular flexibility index (Phi) is 6.48. The lowest BCUT2D eigenvalue weighted by Crippen LogP contribution is -2.62. The van der Waals surface area contributed by atoms with Crippen molar-refractivity contribution in [3.8, 4) is 17.1 Å². The van der Waals surface area contributed by atoms with Gasteiger partial charge in [-0.1, -0.05) is 6.92 Å². The molecule has 2 aromatic rings. The largest absolute Gasteiger partial charge is 0.482 e. The number of hydrogen-bond acceptors (Lipinski definition) is 9. The van der Waals surface area contributed by atoms with Crippen molar-refractivity contribution in [3.05, 3.63) is 46.6 Å². The minimum atomic E-state index is -1.23. The van der Waals surface area contributed by atoms with Crippen LogP contribution < -0.4 is 10.4 Å². The van der Waals surface area contributed by atoms with Gasteiger partial charge in [-0.15, -0.1) is 0 Å². The molecular formula is C26H31NO8. The third kappa shape index (κ3) is 4.45. The van der Waals surface area contributed by atoms with Gasteiger partial charge in [0.25, 0.3) is 0 Å². The van der Waals surface area contributed by atoms with Crippen LogP contribution in [0.2, 0.25) is 0 Å². The molecule has 0 saturated heterocycles. The summed E-state index contributed by atoms with van der Waals surface area (Å²) in [6, 6.07) is 5.02. The summed E-state index contributed by atoms with van der Waals surface area (Å²) >= 11 is 0. The Hall–Kier alpha value is -3.20. The molecule has 188 valence electrons. The van der Waals surface area contributed by atoms with Gasteiger partial charge < -0.3 is 23.7 Å². The van der Waals surface area contributed by atoms with Crippen molar-refractivity contribution < 1.29 is 33.3 Å². The highest BCUT2D eigenvalue weighted by molar-refractivity contribution is 5.67. The summed E-state index contributed by atoms with van der Waals surface area (Å²) in [6.07, 6.45) is 2.46. The van der Waals surface area contributed by atoms with E-state index < -0.39 is 46.9 Å². The molecule has 1 aliphatic carbocycles. The minimum Gasteiger partial charge on any atom is -0.482 e. The average molecular weight is 486 g/mol. The quantitative estimate of drug-likeness (QED) is 0.633. The van der Waals surface area contributed by atoms with Crippen LogP contribution in [0.25, 0.3) is 11.3 Å². The maximum Gasteiger partial charge on any atom is 0.345 e. The molecule has 9 nitrogen and oxygen atoms in total. The number of rotatable bonds is 5. The molecule has 0 bridgehead atoms.